The molecule has 0 unspecified atom stereocenters. The number of hydrogen-bond acceptors (Lipinski definition) is 4. The molecule has 0 saturated carbocycles. The number of carbonyl (C=O) groups is 1. The van der Waals surface area contributed by atoms with E-state index in [0.29, 0.717) is 5.69 Å². The molecule has 1 heterocycles. The number of aromatic hydroxyl groups is 1. The Labute approximate surface area is 126 Å². The fourth-order valence-corrected chi connectivity index (χ4v) is 1.95. The number of aliphatic hydroxyl groups excluding tert-OH is 1. The van der Waals surface area contributed by atoms with E-state index in [-0.39, 0.29) is 31.1 Å². The van der Waals surface area contributed by atoms with Crippen molar-refractivity contribution >= 4 is 5.91 Å². The summed E-state index contributed by atoms with van der Waals surface area (Å²) in [5, 5.41) is 22.9. The van der Waals surface area contributed by atoms with Gasteiger partial charge in [0.2, 0.25) is 0 Å². The second kappa shape index (κ2) is 6.86. The summed E-state index contributed by atoms with van der Waals surface area (Å²) in [6.07, 6.45) is 2.78. The maximum atomic E-state index is 12.9. The summed E-state index contributed by atoms with van der Waals surface area (Å²) >= 11 is 0. The van der Waals surface area contributed by atoms with Gasteiger partial charge in [0.05, 0.1) is 18.5 Å². The molecule has 1 aromatic heterocycles. The Kier molecular flexibility index (Phi) is 4.90. The molecule has 7 heteroatoms. The zero-order valence-corrected chi connectivity index (χ0v) is 11.8. The Bertz CT molecular complexity index is 667. The number of nitrogens with zero attached hydrogens (tertiary/aromatic N) is 3. The molecule has 2 N–H and O–H groups in total. The number of rotatable bonds is 6. The van der Waals surface area contributed by atoms with Gasteiger partial charge in [-0.1, -0.05) is 6.08 Å². The van der Waals surface area contributed by atoms with Crippen LogP contribution in [0.3, 0.4) is 0 Å². The van der Waals surface area contributed by atoms with E-state index in [1.165, 1.54) is 46.1 Å². The summed E-state index contributed by atoms with van der Waals surface area (Å²) in [6, 6.07) is 5.47. The quantitative estimate of drug-likeness (QED) is 0.789. The van der Waals surface area contributed by atoms with E-state index in [2.05, 4.69) is 11.7 Å². The Morgan fingerprint density at radius 3 is 2.68 bits per heavy atom. The number of hydrogen-bond donors (Lipinski definition) is 2. The second-order valence-corrected chi connectivity index (χ2v) is 4.55. The van der Waals surface area contributed by atoms with Crippen molar-refractivity contribution in [3.8, 4) is 11.4 Å². The average molecular weight is 305 g/mol. The summed E-state index contributed by atoms with van der Waals surface area (Å²) in [4.78, 5) is 13.6. The van der Waals surface area contributed by atoms with Gasteiger partial charge in [0.15, 0.2) is 11.4 Å². The van der Waals surface area contributed by atoms with Crippen LogP contribution in [0.25, 0.3) is 5.69 Å². The summed E-state index contributed by atoms with van der Waals surface area (Å²) in [5.41, 5.74) is 0.368. The van der Waals surface area contributed by atoms with Crippen molar-refractivity contribution in [2.24, 2.45) is 0 Å². The van der Waals surface area contributed by atoms with Crippen LogP contribution in [0, 0.1) is 5.82 Å². The average Bonchev–Trinajstić information content (AvgIpc) is 2.89. The molecule has 0 saturated heterocycles. The predicted molar refractivity (Wildman–Crippen MR) is 78.4 cm³/mol. The molecule has 0 aliphatic carbocycles. The van der Waals surface area contributed by atoms with Crippen molar-refractivity contribution in [3.05, 3.63) is 54.6 Å². The molecule has 22 heavy (non-hydrogen) atoms. The molecule has 1 amide bonds. The third-order valence-corrected chi connectivity index (χ3v) is 3.00. The Morgan fingerprint density at radius 1 is 1.41 bits per heavy atom. The number of halogens is 1. The van der Waals surface area contributed by atoms with E-state index < -0.39 is 11.7 Å². The highest BCUT2D eigenvalue weighted by atomic mass is 19.1. The first kappa shape index (κ1) is 15.7. The first-order valence-corrected chi connectivity index (χ1v) is 6.62. The van der Waals surface area contributed by atoms with Crippen LogP contribution in [0.2, 0.25) is 0 Å². The fraction of sp³-hybridized carbons (Fsp3) is 0.200. The van der Waals surface area contributed by atoms with Crippen molar-refractivity contribution in [1.82, 2.24) is 14.7 Å². The van der Waals surface area contributed by atoms with E-state index in [1.54, 1.807) is 0 Å². The Hall–Kier alpha value is -2.67. The van der Waals surface area contributed by atoms with Crippen molar-refractivity contribution in [1.29, 1.82) is 0 Å². The van der Waals surface area contributed by atoms with E-state index in [9.17, 15) is 14.3 Å². The van der Waals surface area contributed by atoms with Crippen LogP contribution in [0.5, 0.6) is 5.75 Å². The first-order valence-electron chi connectivity index (χ1n) is 6.62. The maximum absolute atomic E-state index is 12.9. The number of benzene rings is 1. The van der Waals surface area contributed by atoms with Crippen LogP contribution in [0.15, 0.2) is 43.1 Å². The lowest BCUT2D eigenvalue weighted by Crippen LogP contribution is -2.34. The van der Waals surface area contributed by atoms with Crippen molar-refractivity contribution < 1.29 is 19.4 Å². The second-order valence-electron chi connectivity index (χ2n) is 4.55. The van der Waals surface area contributed by atoms with E-state index >= 15 is 0 Å². The van der Waals surface area contributed by atoms with E-state index in [0.717, 1.165) is 0 Å². The molecule has 0 aliphatic heterocycles. The lowest BCUT2D eigenvalue weighted by atomic mass is 10.3. The van der Waals surface area contributed by atoms with Crippen LogP contribution in [0.1, 0.15) is 10.5 Å². The minimum atomic E-state index is -0.521. The molecule has 0 atom stereocenters. The van der Waals surface area contributed by atoms with Gasteiger partial charge >= 0.3 is 0 Å². The zero-order valence-electron chi connectivity index (χ0n) is 11.8. The lowest BCUT2D eigenvalue weighted by molar-refractivity contribution is 0.0733. The molecule has 116 valence electrons. The minimum absolute atomic E-state index is 0.105. The molecule has 0 radical (unpaired) electrons. The summed E-state index contributed by atoms with van der Waals surface area (Å²) in [6.45, 7) is 3.66. The standard InChI is InChI=1S/C15H16FN3O3/c1-2-7-18(8-9-20)15(22)14-13(21)10-19(17-14)12-5-3-11(16)4-6-12/h2-6,10,20-21H,1,7-9H2. The van der Waals surface area contributed by atoms with Crippen molar-refractivity contribution in [2.45, 2.75) is 0 Å². The van der Waals surface area contributed by atoms with Crippen LogP contribution < -0.4 is 0 Å². The molecule has 6 nitrogen and oxygen atoms in total. The summed E-state index contributed by atoms with van der Waals surface area (Å²) in [7, 11) is 0. The van der Waals surface area contributed by atoms with Crippen molar-refractivity contribution in [3.63, 3.8) is 0 Å². The SMILES string of the molecule is C=CCN(CCO)C(=O)c1nn(-c2ccc(F)cc2)cc1O. The van der Waals surface area contributed by atoms with Crippen LogP contribution >= 0.6 is 0 Å². The van der Waals surface area contributed by atoms with Gasteiger partial charge in [-0.25, -0.2) is 9.07 Å². The lowest BCUT2D eigenvalue weighted by Gasteiger charge is -2.18. The monoisotopic (exact) mass is 305 g/mol. The smallest absolute Gasteiger partial charge is 0.278 e. The fourth-order valence-electron chi connectivity index (χ4n) is 1.95. The molecule has 0 bridgehead atoms. The normalized spacial score (nSPS) is 10.5. The van der Waals surface area contributed by atoms with Gasteiger partial charge in [0, 0.05) is 13.1 Å². The first-order chi connectivity index (χ1) is 10.6. The highest BCUT2D eigenvalue weighted by molar-refractivity contribution is 5.95. The number of carbonyl (C=O) groups excluding carboxylic acids is 1. The van der Waals surface area contributed by atoms with Crippen LogP contribution in [0.4, 0.5) is 4.39 Å². The molecular formula is C15H16FN3O3. The molecule has 0 fully saturated rings. The highest BCUT2D eigenvalue weighted by Gasteiger charge is 2.22. The summed E-state index contributed by atoms with van der Waals surface area (Å²) in [5.74, 6) is -1.20. The molecular weight excluding hydrogens is 289 g/mol. The van der Waals surface area contributed by atoms with Gasteiger partial charge in [0.1, 0.15) is 5.82 Å². The van der Waals surface area contributed by atoms with Crippen LogP contribution in [-0.2, 0) is 0 Å². The predicted octanol–water partition coefficient (Wildman–Crippen LogP) is 1.34. The minimum Gasteiger partial charge on any atom is -0.504 e. The van der Waals surface area contributed by atoms with Crippen molar-refractivity contribution in [2.75, 3.05) is 19.7 Å². The maximum Gasteiger partial charge on any atom is 0.278 e. The molecule has 0 aliphatic rings. The van der Waals surface area contributed by atoms with Gasteiger partial charge < -0.3 is 15.1 Å². The molecule has 0 spiro atoms. The zero-order chi connectivity index (χ0) is 16.1. The molecule has 2 rings (SSSR count). The third kappa shape index (κ3) is 3.32. The third-order valence-electron chi connectivity index (χ3n) is 3.00. The molecule has 1 aromatic carbocycles. The Balaban J connectivity index is 2.30. The number of amides is 1. The topological polar surface area (TPSA) is 78.6 Å². The van der Waals surface area contributed by atoms with Gasteiger partial charge in [-0.2, -0.15) is 5.10 Å². The van der Waals surface area contributed by atoms with Crippen LogP contribution in [-0.4, -0.2) is 50.5 Å². The van der Waals surface area contributed by atoms with Gasteiger partial charge in [-0.05, 0) is 24.3 Å². The van der Waals surface area contributed by atoms with Gasteiger partial charge in [-0.15, -0.1) is 6.58 Å². The van der Waals surface area contributed by atoms with Gasteiger partial charge in [-0.3, -0.25) is 4.79 Å². The largest absolute Gasteiger partial charge is 0.504 e. The summed E-state index contributed by atoms with van der Waals surface area (Å²) < 4.78 is 14.2. The van der Waals surface area contributed by atoms with E-state index in [1.807, 2.05) is 0 Å². The number of aromatic nitrogens is 2. The molecule has 2 aromatic rings. The van der Waals surface area contributed by atoms with E-state index in [4.69, 9.17) is 5.11 Å². The Morgan fingerprint density at radius 2 is 2.09 bits per heavy atom. The van der Waals surface area contributed by atoms with Gasteiger partial charge in [0.25, 0.3) is 5.91 Å². The number of aliphatic hydroxyl groups is 1. The highest BCUT2D eigenvalue weighted by Crippen LogP contribution is 2.20.